The summed E-state index contributed by atoms with van der Waals surface area (Å²) in [5, 5.41) is 0. The van der Waals surface area contributed by atoms with Crippen LogP contribution >= 0.6 is 0 Å². The molecule has 0 amide bonds. The van der Waals surface area contributed by atoms with E-state index < -0.39 is 0 Å². The van der Waals surface area contributed by atoms with Crippen molar-refractivity contribution in [2.45, 2.75) is 64.6 Å². The molecule has 2 aliphatic rings. The Balaban J connectivity index is 1.35. The van der Waals surface area contributed by atoms with Crippen LogP contribution < -0.4 is 0 Å². The maximum atomic E-state index is 13.0. The molecule has 3 rings (SSSR count). The van der Waals surface area contributed by atoms with E-state index in [0.717, 1.165) is 30.6 Å². The summed E-state index contributed by atoms with van der Waals surface area (Å²) < 4.78 is 24.7. The van der Waals surface area contributed by atoms with Gasteiger partial charge in [0.2, 0.25) is 0 Å². The molecule has 1 aromatic carbocycles. The molecule has 1 aliphatic heterocycles. The van der Waals surface area contributed by atoms with Crippen molar-refractivity contribution in [1.29, 1.82) is 0 Å². The van der Waals surface area contributed by atoms with Gasteiger partial charge in [-0.2, -0.15) is 0 Å². The van der Waals surface area contributed by atoms with Crippen LogP contribution in [0.25, 0.3) is 0 Å². The van der Waals surface area contributed by atoms with Gasteiger partial charge in [-0.1, -0.05) is 64.0 Å². The van der Waals surface area contributed by atoms with Gasteiger partial charge in [0.25, 0.3) is 0 Å². The van der Waals surface area contributed by atoms with Gasteiger partial charge in [-0.05, 0) is 30.4 Å². The predicted octanol–water partition coefficient (Wildman–Crippen LogP) is 5.87. The molecule has 0 aromatic heterocycles. The third kappa shape index (κ3) is 5.03. The lowest BCUT2D eigenvalue weighted by Gasteiger charge is -2.32. The number of ether oxygens (including phenoxy) is 2. The summed E-state index contributed by atoms with van der Waals surface area (Å²) in [6.07, 6.45) is 10.6. The maximum absolute atomic E-state index is 13.0. The van der Waals surface area contributed by atoms with E-state index in [4.69, 9.17) is 9.47 Å². The van der Waals surface area contributed by atoms with Crippen LogP contribution in [0.15, 0.2) is 24.3 Å². The monoisotopic (exact) mass is 334 g/mol. The summed E-state index contributed by atoms with van der Waals surface area (Å²) in [6.45, 7) is 3.81. The number of rotatable bonds is 6. The molecule has 0 N–H and O–H groups in total. The van der Waals surface area contributed by atoms with Crippen molar-refractivity contribution >= 4 is 0 Å². The van der Waals surface area contributed by atoms with Crippen molar-refractivity contribution in [3.05, 3.63) is 35.6 Å². The van der Waals surface area contributed by atoms with Crippen LogP contribution in [-0.4, -0.2) is 13.2 Å². The second kappa shape index (κ2) is 8.96. The lowest BCUT2D eigenvalue weighted by Crippen LogP contribution is -2.28. The van der Waals surface area contributed by atoms with Crippen molar-refractivity contribution in [1.82, 2.24) is 0 Å². The van der Waals surface area contributed by atoms with Crippen LogP contribution in [-0.2, 0) is 9.47 Å². The Morgan fingerprint density at radius 2 is 1.38 bits per heavy atom. The number of halogens is 1. The van der Waals surface area contributed by atoms with E-state index >= 15 is 0 Å². The van der Waals surface area contributed by atoms with Crippen molar-refractivity contribution in [3.63, 3.8) is 0 Å². The first-order valence-corrected chi connectivity index (χ1v) is 9.73. The number of benzene rings is 1. The molecular formula is C21H31FO2. The molecule has 0 bridgehead atoms. The van der Waals surface area contributed by atoms with Gasteiger partial charge in [-0.15, -0.1) is 0 Å². The second-order valence-corrected chi connectivity index (χ2v) is 7.67. The Morgan fingerprint density at radius 1 is 0.833 bits per heavy atom. The summed E-state index contributed by atoms with van der Waals surface area (Å²) in [5.41, 5.74) is 0.907. The highest BCUT2D eigenvalue weighted by Crippen LogP contribution is 2.35. The van der Waals surface area contributed by atoms with Crippen LogP contribution in [0.3, 0.4) is 0 Å². The molecule has 2 fully saturated rings. The van der Waals surface area contributed by atoms with E-state index in [2.05, 4.69) is 6.92 Å². The molecule has 1 heterocycles. The normalized spacial score (nSPS) is 31.1. The lowest BCUT2D eigenvalue weighted by molar-refractivity contribution is -0.206. The SMILES string of the molecule is CCC[C@H]1CC[C@H](CC[C@H]2CO[C@H](c3ccc(F)cc3)OC2)CC1. The van der Waals surface area contributed by atoms with E-state index in [9.17, 15) is 4.39 Å². The highest BCUT2D eigenvalue weighted by atomic mass is 19.1. The van der Waals surface area contributed by atoms with Crippen LogP contribution in [0.5, 0.6) is 0 Å². The van der Waals surface area contributed by atoms with Crippen molar-refractivity contribution in [2.75, 3.05) is 13.2 Å². The van der Waals surface area contributed by atoms with Crippen molar-refractivity contribution < 1.29 is 13.9 Å². The lowest BCUT2D eigenvalue weighted by atomic mass is 9.77. The Morgan fingerprint density at radius 3 is 1.96 bits per heavy atom. The molecular weight excluding hydrogens is 303 g/mol. The summed E-state index contributed by atoms with van der Waals surface area (Å²) in [4.78, 5) is 0. The maximum Gasteiger partial charge on any atom is 0.183 e. The molecule has 0 spiro atoms. The average molecular weight is 334 g/mol. The molecule has 0 radical (unpaired) electrons. The van der Waals surface area contributed by atoms with E-state index in [1.54, 1.807) is 12.1 Å². The quantitative estimate of drug-likeness (QED) is 0.647. The fraction of sp³-hybridized carbons (Fsp3) is 0.714. The van der Waals surface area contributed by atoms with Gasteiger partial charge in [-0.3, -0.25) is 0 Å². The smallest absolute Gasteiger partial charge is 0.183 e. The van der Waals surface area contributed by atoms with Gasteiger partial charge < -0.3 is 9.47 Å². The Labute approximate surface area is 145 Å². The molecule has 134 valence electrons. The Bertz CT molecular complexity index is 471. The molecule has 0 unspecified atom stereocenters. The van der Waals surface area contributed by atoms with Crippen LogP contribution in [0.4, 0.5) is 4.39 Å². The van der Waals surface area contributed by atoms with Gasteiger partial charge in [-0.25, -0.2) is 4.39 Å². The first-order chi connectivity index (χ1) is 11.7. The molecule has 1 aromatic rings. The Kier molecular flexibility index (Phi) is 6.67. The molecule has 0 atom stereocenters. The zero-order valence-corrected chi connectivity index (χ0v) is 14.9. The highest BCUT2D eigenvalue weighted by molar-refractivity contribution is 5.17. The largest absolute Gasteiger partial charge is 0.348 e. The number of hydrogen-bond donors (Lipinski definition) is 0. The minimum Gasteiger partial charge on any atom is -0.348 e. The number of hydrogen-bond acceptors (Lipinski definition) is 2. The first kappa shape index (κ1) is 17.9. The summed E-state index contributed by atoms with van der Waals surface area (Å²) >= 11 is 0. The fourth-order valence-corrected chi connectivity index (χ4v) is 4.21. The van der Waals surface area contributed by atoms with Gasteiger partial charge in [0, 0.05) is 11.5 Å². The first-order valence-electron chi connectivity index (χ1n) is 9.73. The molecule has 1 saturated carbocycles. The molecule has 1 saturated heterocycles. The fourth-order valence-electron chi connectivity index (χ4n) is 4.21. The van der Waals surface area contributed by atoms with E-state index in [-0.39, 0.29) is 12.1 Å². The van der Waals surface area contributed by atoms with E-state index in [0.29, 0.717) is 5.92 Å². The predicted molar refractivity (Wildman–Crippen MR) is 94.1 cm³/mol. The van der Waals surface area contributed by atoms with Crippen LogP contribution in [0.2, 0.25) is 0 Å². The topological polar surface area (TPSA) is 18.5 Å². The van der Waals surface area contributed by atoms with E-state index in [1.807, 2.05) is 0 Å². The van der Waals surface area contributed by atoms with Crippen molar-refractivity contribution in [3.8, 4) is 0 Å². The molecule has 3 heteroatoms. The second-order valence-electron chi connectivity index (χ2n) is 7.67. The highest BCUT2D eigenvalue weighted by Gasteiger charge is 2.26. The van der Waals surface area contributed by atoms with Crippen LogP contribution in [0.1, 0.15) is 70.1 Å². The third-order valence-electron chi connectivity index (χ3n) is 5.76. The molecule has 24 heavy (non-hydrogen) atoms. The molecule has 1 aliphatic carbocycles. The summed E-state index contributed by atoms with van der Waals surface area (Å²) in [7, 11) is 0. The third-order valence-corrected chi connectivity index (χ3v) is 5.76. The summed E-state index contributed by atoms with van der Waals surface area (Å²) in [6, 6.07) is 6.41. The van der Waals surface area contributed by atoms with E-state index in [1.165, 1.54) is 63.5 Å². The van der Waals surface area contributed by atoms with Gasteiger partial charge in [0.05, 0.1) is 13.2 Å². The average Bonchev–Trinajstić information content (AvgIpc) is 2.63. The zero-order valence-electron chi connectivity index (χ0n) is 14.9. The summed E-state index contributed by atoms with van der Waals surface area (Å²) in [5.74, 6) is 2.19. The van der Waals surface area contributed by atoms with Crippen molar-refractivity contribution in [2.24, 2.45) is 17.8 Å². The van der Waals surface area contributed by atoms with Gasteiger partial charge in [0.15, 0.2) is 6.29 Å². The minimum atomic E-state index is -0.327. The van der Waals surface area contributed by atoms with Gasteiger partial charge >= 0.3 is 0 Å². The minimum absolute atomic E-state index is 0.221. The Hall–Kier alpha value is -0.930. The van der Waals surface area contributed by atoms with Gasteiger partial charge in [0.1, 0.15) is 5.82 Å². The van der Waals surface area contributed by atoms with Crippen LogP contribution in [0, 0.1) is 23.6 Å². The standard InChI is InChI=1S/C21H31FO2/c1-2-3-16-4-6-17(7-5-16)8-9-18-14-23-21(24-15-18)19-10-12-20(22)13-11-19/h10-13,16-18,21H,2-9,14-15H2,1H3/t16-,17-,18-,21-. The molecule has 2 nitrogen and oxygen atoms in total. The zero-order chi connectivity index (χ0) is 16.8.